The molecule has 0 amide bonds. The number of benzene rings is 1. The summed E-state index contributed by atoms with van der Waals surface area (Å²) in [6.07, 6.45) is 0. The molecule has 0 aromatic heterocycles. The first-order valence-electron chi connectivity index (χ1n) is 3.46. The molecule has 0 heterocycles. The summed E-state index contributed by atoms with van der Waals surface area (Å²) in [5.41, 5.74) is 5.80. The Kier molecular flexibility index (Phi) is 2.69. The maximum Gasteiger partial charge on any atom is 0.170 e. The van der Waals surface area contributed by atoms with Gasteiger partial charge in [0, 0.05) is 16.1 Å². The Morgan fingerprint density at radius 2 is 2.17 bits per heavy atom. The highest BCUT2D eigenvalue weighted by Gasteiger charge is 2.14. The van der Waals surface area contributed by atoms with Gasteiger partial charge in [0.15, 0.2) is 11.6 Å². The van der Waals surface area contributed by atoms with Crippen LogP contribution < -0.4 is 5.73 Å². The molecule has 1 rings (SSSR count). The van der Waals surface area contributed by atoms with Crippen molar-refractivity contribution in [3.63, 3.8) is 0 Å². The molecule has 66 valence electrons. The molecule has 0 fully saturated rings. The molecule has 12 heavy (non-hydrogen) atoms. The number of phenolic OH excluding ortho intramolecular Hbond substituents is 1. The van der Waals surface area contributed by atoms with E-state index in [0.29, 0.717) is 10.0 Å². The normalized spacial score (nSPS) is 13.0. The zero-order valence-corrected chi connectivity index (χ0v) is 8.10. The Hall–Kier alpha value is -0.610. The van der Waals surface area contributed by atoms with E-state index >= 15 is 0 Å². The predicted molar refractivity (Wildman–Crippen MR) is 48.4 cm³/mol. The molecule has 1 atom stereocenters. The average Bonchev–Trinajstić information content (AvgIpc) is 1.97. The predicted octanol–water partition coefficient (Wildman–Crippen LogP) is 2.31. The summed E-state index contributed by atoms with van der Waals surface area (Å²) < 4.78 is 13.7. The highest BCUT2D eigenvalue weighted by atomic mass is 79.9. The van der Waals surface area contributed by atoms with Crippen molar-refractivity contribution in [1.82, 2.24) is 0 Å². The first-order valence-corrected chi connectivity index (χ1v) is 4.25. The van der Waals surface area contributed by atoms with Crippen LogP contribution in [0.3, 0.4) is 0 Å². The number of aromatic hydroxyl groups is 1. The summed E-state index contributed by atoms with van der Waals surface area (Å²) in [7, 11) is 0. The minimum Gasteiger partial charge on any atom is -0.505 e. The second kappa shape index (κ2) is 3.41. The van der Waals surface area contributed by atoms with Gasteiger partial charge in [0.05, 0.1) is 0 Å². The lowest BCUT2D eigenvalue weighted by molar-refractivity contribution is 0.425. The molecule has 2 nitrogen and oxygen atoms in total. The van der Waals surface area contributed by atoms with Gasteiger partial charge in [-0.1, -0.05) is 15.9 Å². The first-order chi connectivity index (χ1) is 5.54. The Labute approximate surface area is 78.3 Å². The van der Waals surface area contributed by atoms with Crippen LogP contribution in [0, 0.1) is 5.82 Å². The van der Waals surface area contributed by atoms with Crippen LogP contribution >= 0.6 is 15.9 Å². The second-order valence-corrected chi connectivity index (χ2v) is 3.44. The number of halogens is 2. The van der Waals surface area contributed by atoms with Gasteiger partial charge in [-0.2, -0.15) is 0 Å². The molecule has 0 saturated carbocycles. The van der Waals surface area contributed by atoms with E-state index in [1.54, 1.807) is 13.0 Å². The fourth-order valence-corrected chi connectivity index (χ4v) is 1.64. The summed E-state index contributed by atoms with van der Waals surface area (Å²) in [5.74, 6) is -1.02. The molecular weight excluding hydrogens is 225 g/mol. The van der Waals surface area contributed by atoms with Crippen LogP contribution in [0.25, 0.3) is 0 Å². The largest absolute Gasteiger partial charge is 0.505 e. The summed E-state index contributed by atoms with van der Waals surface area (Å²) in [6, 6.07) is 2.41. The van der Waals surface area contributed by atoms with Crippen molar-refractivity contribution in [3.8, 4) is 5.75 Å². The van der Waals surface area contributed by atoms with E-state index in [-0.39, 0.29) is 5.75 Å². The summed E-state index contributed by atoms with van der Waals surface area (Å²) in [4.78, 5) is 0. The third-order valence-electron chi connectivity index (χ3n) is 1.56. The molecule has 1 aromatic carbocycles. The van der Waals surface area contributed by atoms with Gasteiger partial charge < -0.3 is 10.8 Å². The molecule has 0 spiro atoms. The van der Waals surface area contributed by atoms with E-state index < -0.39 is 11.9 Å². The van der Waals surface area contributed by atoms with Gasteiger partial charge in [0.25, 0.3) is 0 Å². The molecule has 0 aliphatic heterocycles. The second-order valence-electron chi connectivity index (χ2n) is 2.58. The van der Waals surface area contributed by atoms with Crippen molar-refractivity contribution in [2.24, 2.45) is 5.73 Å². The van der Waals surface area contributed by atoms with Crippen molar-refractivity contribution in [2.45, 2.75) is 13.0 Å². The van der Waals surface area contributed by atoms with E-state index in [1.165, 1.54) is 6.07 Å². The summed E-state index contributed by atoms with van der Waals surface area (Å²) in [5, 5.41) is 9.02. The van der Waals surface area contributed by atoms with Crippen LogP contribution in [0.5, 0.6) is 5.75 Å². The minimum atomic E-state index is -0.653. The Bertz CT molecular complexity index is 301. The van der Waals surface area contributed by atoms with Gasteiger partial charge in [0.2, 0.25) is 0 Å². The van der Waals surface area contributed by atoms with Crippen LogP contribution in [-0.4, -0.2) is 5.11 Å². The van der Waals surface area contributed by atoms with Crippen LogP contribution in [0.2, 0.25) is 0 Å². The lowest BCUT2D eigenvalue weighted by Gasteiger charge is -2.10. The molecule has 0 bridgehead atoms. The zero-order valence-electron chi connectivity index (χ0n) is 6.51. The third kappa shape index (κ3) is 1.59. The maximum atomic E-state index is 13.2. The fourth-order valence-electron chi connectivity index (χ4n) is 0.975. The molecule has 0 aliphatic carbocycles. The van der Waals surface area contributed by atoms with E-state index in [1.807, 2.05) is 0 Å². The first kappa shape index (κ1) is 9.48. The standard InChI is InChI=1S/C8H9BrFNO/c1-4(11)7-5(9)2-3-6(12)8(7)10/h2-4,12H,11H2,1H3. The maximum absolute atomic E-state index is 13.2. The number of rotatable bonds is 1. The Balaban J connectivity index is 3.33. The van der Waals surface area contributed by atoms with Crippen LogP contribution in [0.4, 0.5) is 4.39 Å². The van der Waals surface area contributed by atoms with Crippen molar-refractivity contribution >= 4 is 15.9 Å². The number of hydrogen-bond acceptors (Lipinski definition) is 2. The molecule has 3 N–H and O–H groups in total. The smallest absolute Gasteiger partial charge is 0.170 e. The minimum absolute atomic E-state index is 0.301. The van der Waals surface area contributed by atoms with Gasteiger partial charge in [-0.3, -0.25) is 0 Å². The van der Waals surface area contributed by atoms with Gasteiger partial charge in [-0.25, -0.2) is 4.39 Å². The quantitative estimate of drug-likeness (QED) is 0.783. The van der Waals surface area contributed by atoms with Gasteiger partial charge in [-0.05, 0) is 19.1 Å². The highest BCUT2D eigenvalue weighted by Crippen LogP contribution is 2.30. The molecule has 0 saturated heterocycles. The lowest BCUT2D eigenvalue weighted by Crippen LogP contribution is -2.08. The van der Waals surface area contributed by atoms with Gasteiger partial charge in [0.1, 0.15) is 0 Å². The van der Waals surface area contributed by atoms with Crippen molar-refractivity contribution in [2.75, 3.05) is 0 Å². The lowest BCUT2D eigenvalue weighted by atomic mass is 10.1. The fraction of sp³-hybridized carbons (Fsp3) is 0.250. The van der Waals surface area contributed by atoms with Crippen LogP contribution in [0.1, 0.15) is 18.5 Å². The molecular formula is C8H9BrFNO. The van der Waals surface area contributed by atoms with E-state index in [0.717, 1.165) is 0 Å². The zero-order chi connectivity index (χ0) is 9.30. The van der Waals surface area contributed by atoms with Crippen molar-refractivity contribution in [1.29, 1.82) is 0 Å². The third-order valence-corrected chi connectivity index (χ3v) is 2.25. The molecule has 4 heteroatoms. The molecule has 1 aromatic rings. The Morgan fingerprint density at radius 1 is 1.58 bits per heavy atom. The van der Waals surface area contributed by atoms with Crippen molar-refractivity contribution < 1.29 is 9.50 Å². The summed E-state index contributed by atoms with van der Waals surface area (Å²) in [6.45, 7) is 1.66. The average molecular weight is 234 g/mol. The van der Waals surface area contributed by atoms with Crippen LogP contribution in [-0.2, 0) is 0 Å². The van der Waals surface area contributed by atoms with Crippen LogP contribution in [0.15, 0.2) is 16.6 Å². The number of phenols is 1. The SMILES string of the molecule is CC(N)c1c(Br)ccc(O)c1F. The topological polar surface area (TPSA) is 46.2 Å². The highest BCUT2D eigenvalue weighted by molar-refractivity contribution is 9.10. The molecule has 0 radical (unpaired) electrons. The van der Waals surface area contributed by atoms with Gasteiger partial charge in [-0.15, -0.1) is 0 Å². The number of hydrogen-bond donors (Lipinski definition) is 2. The number of nitrogens with two attached hydrogens (primary N) is 1. The molecule has 0 aliphatic rings. The summed E-state index contributed by atoms with van der Waals surface area (Å²) >= 11 is 3.15. The van der Waals surface area contributed by atoms with Gasteiger partial charge >= 0.3 is 0 Å². The van der Waals surface area contributed by atoms with E-state index in [2.05, 4.69) is 15.9 Å². The van der Waals surface area contributed by atoms with E-state index in [9.17, 15) is 4.39 Å². The van der Waals surface area contributed by atoms with Crippen molar-refractivity contribution in [3.05, 3.63) is 28.0 Å². The monoisotopic (exact) mass is 233 g/mol. The van der Waals surface area contributed by atoms with E-state index in [4.69, 9.17) is 10.8 Å². The Morgan fingerprint density at radius 3 is 2.58 bits per heavy atom. The molecule has 1 unspecified atom stereocenters.